The van der Waals surface area contributed by atoms with Crippen LogP contribution < -0.4 is 14.8 Å². The van der Waals surface area contributed by atoms with Gasteiger partial charge in [0, 0.05) is 66.7 Å². The molecule has 4 aromatic rings. The zero-order valence-corrected chi connectivity index (χ0v) is 35.5. The summed E-state index contributed by atoms with van der Waals surface area (Å²) in [7, 11) is -4.70. The number of carbonyl (C=O) groups is 2. The summed E-state index contributed by atoms with van der Waals surface area (Å²) in [5.41, 5.74) is 3.67. The minimum Gasteiger partial charge on any atom is -0.506 e. The Morgan fingerprint density at radius 1 is 0.627 bits per heavy atom. The summed E-state index contributed by atoms with van der Waals surface area (Å²) < 4.78 is 43.1. The van der Waals surface area contributed by atoms with Crippen LogP contribution in [0, 0.1) is 0 Å². The number of carbonyl (C=O) groups excluding carboxylic acids is 2. The number of nitrogens with one attached hydrogen (secondary N) is 1. The molecule has 8 rings (SSSR count). The Labute approximate surface area is 358 Å². The van der Waals surface area contributed by atoms with Crippen molar-refractivity contribution in [1.29, 1.82) is 0 Å². The number of ketones is 2. The Kier molecular flexibility index (Phi) is 16.5. The summed E-state index contributed by atoms with van der Waals surface area (Å²) >= 11 is 0. The Bertz CT molecular complexity index is 2270. The van der Waals surface area contributed by atoms with Crippen molar-refractivity contribution in [3.8, 4) is 17.2 Å². The Balaban J connectivity index is 0.000000192. The molecule has 2 aliphatic carbocycles. The summed E-state index contributed by atoms with van der Waals surface area (Å²) in [6, 6.07) is 24.3. The van der Waals surface area contributed by atoms with E-state index in [9.17, 15) is 23.1 Å². The standard InChI is InChI=1S/C24H29N3O2.C14H8O6S.C8H8.Ir/c1(2-17-28-21-10-6-19(7-11-21)23-5-4-14-25-23)3-18-29-22-12-8-20(9-13-22)24-26-15-16-27-24;15-11-5-9-10(6-12(11)21(18,19)20)14(17)8-4-2-1-3-7(8)13(9)16;1-2-4-6-8-7-5-3-1;/h6-13H,1-5,14-18H2,(H,26,27);1-6,15H,(H,18,19,20);1-8H;/b;;2-1-,3-1?,4-2?,5-3-,6-4-,7-5?,8-6?,8-7-;. The minimum atomic E-state index is -4.70. The first-order valence-corrected chi connectivity index (χ1v) is 20.6. The van der Waals surface area contributed by atoms with E-state index < -0.39 is 32.3 Å². The van der Waals surface area contributed by atoms with E-state index in [1.54, 1.807) is 12.1 Å². The molecule has 0 amide bonds. The van der Waals surface area contributed by atoms with Crippen molar-refractivity contribution in [3.05, 3.63) is 167 Å². The van der Waals surface area contributed by atoms with E-state index in [2.05, 4.69) is 51.7 Å². The fraction of sp³-hybridized carbons (Fsp3) is 0.217. The molecule has 4 aromatic carbocycles. The predicted octanol–water partition coefficient (Wildman–Crippen LogP) is 7.88. The van der Waals surface area contributed by atoms with Crippen molar-refractivity contribution in [3.63, 3.8) is 0 Å². The number of allylic oxidation sites excluding steroid dienone is 8. The van der Waals surface area contributed by atoms with E-state index >= 15 is 0 Å². The third kappa shape index (κ3) is 12.4. The molecule has 13 heteroatoms. The Morgan fingerprint density at radius 3 is 1.59 bits per heavy atom. The number of hydrogen-bond donors (Lipinski definition) is 3. The number of nitrogens with zero attached hydrogens (tertiary/aromatic N) is 2. The Hall–Kier alpha value is -5.72. The second-order valence-corrected chi connectivity index (χ2v) is 14.9. The molecule has 307 valence electrons. The molecular weight excluding hydrogens is 947 g/mol. The van der Waals surface area contributed by atoms with Crippen LogP contribution in [-0.2, 0) is 30.2 Å². The van der Waals surface area contributed by atoms with Gasteiger partial charge in [-0.05, 0) is 98.3 Å². The predicted molar refractivity (Wildman–Crippen MR) is 226 cm³/mol. The van der Waals surface area contributed by atoms with Gasteiger partial charge in [0.05, 0.1) is 19.8 Å². The largest absolute Gasteiger partial charge is 0.506 e. The van der Waals surface area contributed by atoms with Gasteiger partial charge in [0.25, 0.3) is 10.1 Å². The summed E-state index contributed by atoms with van der Waals surface area (Å²) in [6.07, 6.45) is 21.4. The molecule has 3 N–H and O–H groups in total. The number of hydrogen-bond acceptors (Lipinski definition) is 10. The van der Waals surface area contributed by atoms with E-state index in [4.69, 9.17) is 14.0 Å². The van der Waals surface area contributed by atoms with Gasteiger partial charge in [0.15, 0.2) is 11.6 Å². The molecule has 0 aromatic heterocycles. The van der Waals surface area contributed by atoms with Gasteiger partial charge in [-0.1, -0.05) is 72.9 Å². The molecule has 2 aliphatic heterocycles. The second-order valence-electron chi connectivity index (χ2n) is 13.5. The molecule has 0 spiro atoms. The molecule has 4 aliphatic rings. The van der Waals surface area contributed by atoms with Crippen molar-refractivity contribution in [2.24, 2.45) is 9.98 Å². The number of aromatic hydroxyl groups is 1. The number of amidine groups is 1. The molecule has 0 atom stereocenters. The normalized spacial score (nSPS) is 16.9. The summed E-state index contributed by atoms with van der Waals surface area (Å²) in [5.74, 6) is 1.03. The molecule has 0 saturated carbocycles. The number of fused-ring (bicyclic) bond motifs is 2. The van der Waals surface area contributed by atoms with Crippen molar-refractivity contribution in [2.75, 3.05) is 32.8 Å². The monoisotopic (exact) mass is 992 g/mol. The number of unbranched alkanes of at least 4 members (excludes halogenated alkanes) is 2. The third-order valence-corrected chi connectivity index (χ3v) is 10.2. The number of ether oxygens (including phenoxy) is 2. The van der Waals surface area contributed by atoms with Gasteiger partial charge >= 0.3 is 0 Å². The van der Waals surface area contributed by atoms with Crippen molar-refractivity contribution in [1.82, 2.24) is 5.32 Å². The molecule has 0 unspecified atom stereocenters. The molecule has 0 bridgehead atoms. The second kappa shape index (κ2) is 21.9. The van der Waals surface area contributed by atoms with Crippen LogP contribution in [0.2, 0.25) is 0 Å². The molecular formula is C46H45IrN3O8S. The molecule has 2 heterocycles. The van der Waals surface area contributed by atoms with Crippen LogP contribution >= 0.6 is 0 Å². The maximum Gasteiger partial charge on any atom is 0.298 e. The number of rotatable bonds is 11. The molecule has 0 fully saturated rings. The zero-order valence-electron chi connectivity index (χ0n) is 32.3. The SMILES string of the molecule is C1=C\C=C/C=C\C=C/1.O=C1c2ccccc2C(=O)c2cc(S(=O)(=O)O)c(O)cc21.[Ir].c1cc(C2=NCCC2)ccc1OCCCCCOc1ccc(C2=NCCN2)cc1. The van der Waals surface area contributed by atoms with Crippen LogP contribution in [0.1, 0.15) is 75.1 Å². The quantitative estimate of drug-likeness (QED) is 0.0883. The van der Waals surface area contributed by atoms with E-state index in [-0.39, 0.29) is 42.4 Å². The average Bonchev–Trinajstić information content (AvgIpc) is 3.96. The van der Waals surface area contributed by atoms with Crippen LogP contribution in [0.3, 0.4) is 0 Å². The van der Waals surface area contributed by atoms with E-state index in [0.717, 1.165) is 93.6 Å². The van der Waals surface area contributed by atoms with Gasteiger partial charge < -0.3 is 19.9 Å². The maximum atomic E-state index is 12.3. The smallest absolute Gasteiger partial charge is 0.298 e. The van der Waals surface area contributed by atoms with Gasteiger partial charge in [-0.15, -0.1) is 0 Å². The molecule has 59 heavy (non-hydrogen) atoms. The number of phenolic OH excluding ortho intramolecular Hbond substituents is 1. The van der Waals surface area contributed by atoms with E-state index in [1.807, 2.05) is 60.7 Å². The van der Waals surface area contributed by atoms with Gasteiger partial charge in [0.1, 0.15) is 28.0 Å². The fourth-order valence-electron chi connectivity index (χ4n) is 6.41. The number of aliphatic imine (C=N–C) groups is 2. The summed E-state index contributed by atoms with van der Waals surface area (Å²) in [5, 5.41) is 12.9. The molecule has 0 saturated heterocycles. The average molecular weight is 992 g/mol. The maximum absolute atomic E-state index is 12.3. The summed E-state index contributed by atoms with van der Waals surface area (Å²) in [6.45, 7) is 4.23. The first-order chi connectivity index (χ1) is 28.2. The fourth-order valence-corrected chi connectivity index (χ4v) is 7.00. The summed E-state index contributed by atoms with van der Waals surface area (Å²) in [4.78, 5) is 32.8. The molecule has 1 radical (unpaired) electrons. The van der Waals surface area contributed by atoms with Crippen molar-refractivity contribution in [2.45, 2.75) is 37.0 Å². The van der Waals surface area contributed by atoms with Crippen LogP contribution in [0.15, 0.2) is 148 Å². The molecule has 11 nitrogen and oxygen atoms in total. The van der Waals surface area contributed by atoms with Gasteiger partial charge in [-0.25, -0.2) is 0 Å². The van der Waals surface area contributed by atoms with Crippen molar-refractivity contribution >= 4 is 33.2 Å². The van der Waals surface area contributed by atoms with E-state index in [0.29, 0.717) is 0 Å². The zero-order chi connectivity index (χ0) is 40.7. The number of phenols is 1. The van der Waals surface area contributed by atoms with Gasteiger partial charge in [-0.3, -0.25) is 24.1 Å². The Morgan fingerprint density at radius 2 is 1.14 bits per heavy atom. The van der Waals surface area contributed by atoms with Crippen LogP contribution in [0.25, 0.3) is 0 Å². The van der Waals surface area contributed by atoms with E-state index in [1.165, 1.54) is 29.8 Å². The van der Waals surface area contributed by atoms with Crippen LogP contribution in [-0.4, -0.2) is 74.0 Å². The van der Waals surface area contributed by atoms with Crippen LogP contribution in [0.5, 0.6) is 17.2 Å². The van der Waals surface area contributed by atoms with Crippen LogP contribution in [0.4, 0.5) is 0 Å². The van der Waals surface area contributed by atoms with Gasteiger partial charge in [0.2, 0.25) is 0 Å². The van der Waals surface area contributed by atoms with Crippen molar-refractivity contribution < 1.29 is 57.2 Å². The minimum absolute atomic E-state index is 0. The first kappa shape index (κ1) is 44.4. The number of benzene rings is 4. The van der Waals surface area contributed by atoms with Gasteiger partial charge in [-0.2, -0.15) is 8.42 Å². The topological polar surface area (TPSA) is 164 Å². The third-order valence-electron chi connectivity index (χ3n) is 9.36. The first-order valence-electron chi connectivity index (χ1n) is 19.2.